The zero-order valence-electron chi connectivity index (χ0n) is 11.2. The van der Waals surface area contributed by atoms with E-state index in [1.807, 2.05) is 42.1 Å². The minimum absolute atomic E-state index is 0.277. The summed E-state index contributed by atoms with van der Waals surface area (Å²) in [6.45, 7) is 0.700. The van der Waals surface area contributed by atoms with Crippen LogP contribution >= 0.6 is 11.8 Å². The minimum Gasteiger partial charge on any atom is -0.475 e. The van der Waals surface area contributed by atoms with Gasteiger partial charge in [0.2, 0.25) is 5.90 Å². The molecule has 2 aromatic carbocycles. The Balaban J connectivity index is 1.51. The number of hydrogen-bond donors (Lipinski definition) is 0. The van der Waals surface area contributed by atoms with E-state index in [0.717, 1.165) is 23.0 Å². The highest BCUT2D eigenvalue weighted by atomic mass is 32.2. The molecule has 3 heteroatoms. The van der Waals surface area contributed by atoms with Crippen molar-refractivity contribution in [2.24, 2.45) is 4.99 Å². The second-order valence-electron chi connectivity index (χ2n) is 4.77. The first-order chi connectivity index (χ1) is 9.92. The average Bonchev–Trinajstić information content (AvgIpc) is 2.98. The van der Waals surface area contributed by atoms with Crippen molar-refractivity contribution in [3.05, 3.63) is 71.8 Å². The van der Waals surface area contributed by atoms with Gasteiger partial charge in [-0.2, -0.15) is 11.8 Å². The number of benzene rings is 2. The van der Waals surface area contributed by atoms with Crippen LogP contribution in [0.2, 0.25) is 0 Å². The Morgan fingerprint density at radius 1 is 1.00 bits per heavy atom. The highest BCUT2D eigenvalue weighted by Crippen LogP contribution is 2.18. The fraction of sp³-hybridized carbons (Fsp3) is 0.235. The van der Waals surface area contributed by atoms with Crippen molar-refractivity contribution in [1.82, 2.24) is 0 Å². The molecule has 0 unspecified atom stereocenters. The van der Waals surface area contributed by atoms with E-state index in [9.17, 15) is 0 Å². The Morgan fingerprint density at radius 3 is 2.45 bits per heavy atom. The molecule has 0 radical (unpaired) electrons. The highest BCUT2D eigenvalue weighted by molar-refractivity contribution is 7.98. The van der Waals surface area contributed by atoms with Crippen LogP contribution in [0.25, 0.3) is 0 Å². The Bertz CT molecular complexity index is 568. The number of thioether (sulfide) groups is 1. The van der Waals surface area contributed by atoms with E-state index in [2.05, 4.69) is 35.3 Å². The summed E-state index contributed by atoms with van der Waals surface area (Å²) in [5, 5.41) is 0. The molecule has 0 fully saturated rings. The standard InChI is InChI=1S/C17H17NOS/c1-3-7-14(8-4-1)12-20-13-16-11-19-17(18-16)15-9-5-2-6-10-15/h1-10,16H,11-13H2/t16-/m1/s1. The van der Waals surface area contributed by atoms with Crippen molar-refractivity contribution >= 4 is 17.7 Å². The molecular formula is C17H17NOS. The molecule has 0 saturated carbocycles. The van der Waals surface area contributed by atoms with E-state index in [1.54, 1.807) is 0 Å². The first-order valence-electron chi connectivity index (χ1n) is 6.79. The lowest BCUT2D eigenvalue weighted by Gasteiger charge is -2.04. The summed E-state index contributed by atoms with van der Waals surface area (Å²) in [4.78, 5) is 4.66. The summed E-state index contributed by atoms with van der Waals surface area (Å²) in [6.07, 6.45) is 0. The molecule has 0 bridgehead atoms. The van der Waals surface area contributed by atoms with Gasteiger partial charge >= 0.3 is 0 Å². The monoisotopic (exact) mass is 283 g/mol. The van der Waals surface area contributed by atoms with Gasteiger partial charge in [-0.3, -0.25) is 0 Å². The van der Waals surface area contributed by atoms with Crippen LogP contribution in [0, 0.1) is 0 Å². The zero-order valence-corrected chi connectivity index (χ0v) is 12.1. The Labute approximate surface area is 123 Å². The summed E-state index contributed by atoms with van der Waals surface area (Å²) in [6, 6.07) is 20.9. The Kier molecular flexibility index (Phi) is 4.38. The fourth-order valence-electron chi connectivity index (χ4n) is 2.13. The lowest BCUT2D eigenvalue weighted by molar-refractivity contribution is 0.325. The van der Waals surface area contributed by atoms with Crippen LogP contribution in [0.1, 0.15) is 11.1 Å². The molecule has 1 aliphatic rings. The summed E-state index contributed by atoms with van der Waals surface area (Å²) in [5.41, 5.74) is 2.44. The number of hydrogen-bond acceptors (Lipinski definition) is 3. The van der Waals surface area contributed by atoms with Gasteiger partial charge in [-0.25, -0.2) is 4.99 Å². The van der Waals surface area contributed by atoms with Crippen LogP contribution in [0.5, 0.6) is 0 Å². The number of nitrogens with zero attached hydrogens (tertiary/aromatic N) is 1. The third-order valence-electron chi connectivity index (χ3n) is 3.15. The molecule has 1 atom stereocenters. The molecule has 2 aromatic rings. The van der Waals surface area contributed by atoms with E-state index in [4.69, 9.17) is 4.74 Å². The van der Waals surface area contributed by atoms with Crippen LogP contribution in [0.4, 0.5) is 0 Å². The van der Waals surface area contributed by atoms with Gasteiger partial charge in [-0.15, -0.1) is 0 Å². The minimum atomic E-state index is 0.277. The molecular weight excluding hydrogens is 266 g/mol. The lowest BCUT2D eigenvalue weighted by Crippen LogP contribution is -2.09. The van der Waals surface area contributed by atoms with Crippen molar-refractivity contribution < 1.29 is 4.74 Å². The van der Waals surface area contributed by atoms with E-state index in [1.165, 1.54) is 5.56 Å². The molecule has 102 valence electrons. The van der Waals surface area contributed by atoms with Gasteiger partial charge in [0.15, 0.2) is 0 Å². The third kappa shape index (κ3) is 3.42. The van der Waals surface area contributed by atoms with E-state index in [-0.39, 0.29) is 6.04 Å². The van der Waals surface area contributed by atoms with Crippen molar-refractivity contribution in [1.29, 1.82) is 0 Å². The molecule has 20 heavy (non-hydrogen) atoms. The maximum absolute atomic E-state index is 5.69. The second-order valence-corrected chi connectivity index (χ2v) is 5.80. The summed E-state index contributed by atoms with van der Waals surface area (Å²) < 4.78 is 5.69. The van der Waals surface area contributed by atoms with Gasteiger partial charge in [0, 0.05) is 17.1 Å². The summed E-state index contributed by atoms with van der Waals surface area (Å²) >= 11 is 1.91. The fourth-order valence-corrected chi connectivity index (χ4v) is 3.12. The molecule has 1 heterocycles. The van der Waals surface area contributed by atoms with Crippen LogP contribution < -0.4 is 0 Å². The second kappa shape index (κ2) is 6.62. The Hall–Kier alpha value is -1.74. The molecule has 2 nitrogen and oxygen atoms in total. The normalized spacial score (nSPS) is 17.6. The molecule has 0 spiro atoms. The average molecular weight is 283 g/mol. The highest BCUT2D eigenvalue weighted by Gasteiger charge is 2.19. The lowest BCUT2D eigenvalue weighted by atomic mass is 10.2. The van der Waals surface area contributed by atoms with E-state index < -0.39 is 0 Å². The number of rotatable bonds is 5. The van der Waals surface area contributed by atoms with Crippen molar-refractivity contribution in [2.45, 2.75) is 11.8 Å². The topological polar surface area (TPSA) is 21.6 Å². The summed E-state index contributed by atoms with van der Waals surface area (Å²) in [5.74, 6) is 2.83. The van der Waals surface area contributed by atoms with Crippen molar-refractivity contribution in [2.75, 3.05) is 12.4 Å². The molecule has 3 rings (SSSR count). The van der Waals surface area contributed by atoms with Gasteiger partial charge < -0.3 is 4.74 Å². The third-order valence-corrected chi connectivity index (χ3v) is 4.31. The van der Waals surface area contributed by atoms with Gasteiger partial charge in [0.1, 0.15) is 6.61 Å². The molecule has 0 saturated heterocycles. The Morgan fingerprint density at radius 2 is 1.70 bits per heavy atom. The quantitative estimate of drug-likeness (QED) is 0.833. The zero-order chi connectivity index (χ0) is 13.6. The van der Waals surface area contributed by atoms with Gasteiger partial charge in [0.25, 0.3) is 0 Å². The van der Waals surface area contributed by atoms with E-state index in [0.29, 0.717) is 6.61 Å². The van der Waals surface area contributed by atoms with Crippen LogP contribution in [0.15, 0.2) is 65.7 Å². The largest absolute Gasteiger partial charge is 0.475 e. The van der Waals surface area contributed by atoms with Gasteiger partial charge in [-0.1, -0.05) is 48.5 Å². The number of aliphatic imine (C=N–C) groups is 1. The first kappa shape index (κ1) is 13.3. The maximum Gasteiger partial charge on any atom is 0.216 e. The van der Waals surface area contributed by atoms with Crippen LogP contribution in [-0.4, -0.2) is 24.3 Å². The molecule has 0 N–H and O–H groups in total. The predicted molar refractivity (Wildman–Crippen MR) is 85.3 cm³/mol. The smallest absolute Gasteiger partial charge is 0.216 e. The number of ether oxygens (including phenoxy) is 1. The van der Waals surface area contributed by atoms with Crippen molar-refractivity contribution in [3.8, 4) is 0 Å². The van der Waals surface area contributed by atoms with Crippen molar-refractivity contribution in [3.63, 3.8) is 0 Å². The van der Waals surface area contributed by atoms with Crippen LogP contribution in [0.3, 0.4) is 0 Å². The van der Waals surface area contributed by atoms with Gasteiger partial charge in [-0.05, 0) is 17.7 Å². The van der Waals surface area contributed by atoms with Crippen LogP contribution in [-0.2, 0) is 10.5 Å². The molecule has 0 amide bonds. The SMILES string of the molecule is c1ccc(CSC[C@H]2COC(c3ccccc3)=N2)cc1. The van der Waals surface area contributed by atoms with Gasteiger partial charge in [0.05, 0.1) is 6.04 Å². The molecule has 0 aromatic heterocycles. The molecule has 1 aliphatic heterocycles. The first-order valence-corrected chi connectivity index (χ1v) is 7.95. The molecule has 0 aliphatic carbocycles. The predicted octanol–water partition coefficient (Wildman–Crippen LogP) is 3.77. The summed E-state index contributed by atoms with van der Waals surface area (Å²) in [7, 11) is 0. The van der Waals surface area contributed by atoms with E-state index >= 15 is 0 Å². The maximum atomic E-state index is 5.69.